The van der Waals surface area contributed by atoms with Gasteiger partial charge >= 0.3 is 0 Å². The van der Waals surface area contributed by atoms with Gasteiger partial charge in [0.15, 0.2) is 5.82 Å². The van der Waals surface area contributed by atoms with Crippen molar-refractivity contribution in [2.24, 2.45) is 0 Å². The van der Waals surface area contributed by atoms with E-state index in [2.05, 4.69) is 22.7 Å². The summed E-state index contributed by atoms with van der Waals surface area (Å²) in [6.07, 6.45) is 1.44. The molecule has 0 aliphatic carbocycles. The molecule has 0 amide bonds. The molecular weight excluding hydrogens is 446 g/mol. The van der Waals surface area contributed by atoms with Gasteiger partial charge in [-0.1, -0.05) is 17.3 Å². The molecule has 1 aliphatic rings. The van der Waals surface area contributed by atoms with Crippen molar-refractivity contribution in [1.82, 2.24) is 20.4 Å². The molecule has 9 heteroatoms. The third kappa shape index (κ3) is 5.98. The van der Waals surface area contributed by atoms with Gasteiger partial charge in [0.2, 0.25) is 0 Å². The van der Waals surface area contributed by atoms with Crippen molar-refractivity contribution >= 4 is 5.82 Å². The second-order valence-electron chi connectivity index (χ2n) is 9.17. The smallest absolute Gasteiger partial charge is 0.162 e. The third-order valence-corrected chi connectivity index (χ3v) is 6.22. The van der Waals surface area contributed by atoms with E-state index < -0.39 is 6.10 Å². The van der Waals surface area contributed by atoms with Crippen molar-refractivity contribution in [2.75, 3.05) is 32.1 Å². The van der Waals surface area contributed by atoms with Crippen LogP contribution in [-0.4, -0.2) is 65.3 Å². The average molecular weight is 482 g/mol. The van der Waals surface area contributed by atoms with Crippen molar-refractivity contribution in [3.05, 3.63) is 41.3 Å². The van der Waals surface area contributed by atoms with E-state index in [9.17, 15) is 5.11 Å². The molecule has 1 fully saturated rings. The van der Waals surface area contributed by atoms with Crippen molar-refractivity contribution in [1.29, 1.82) is 0 Å². The number of benzene rings is 1. The maximum atomic E-state index is 9.99. The van der Waals surface area contributed by atoms with Gasteiger partial charge in [-0.25, -0.2) is 9.97 Å². The number of aromatic nitrogens is 3. The standard InChI is InChI=1S/C26H35N5O4/c1-15-11-20(9-10-33-15)28-25-16(2)24(23-17(3)31-35-18(23)4)29-26(30-25)19-7-6-8-22(12-19)34-14-21(32)13-27-5/h6-8,12,15,20-21,27,32H,9-11,13-14H2,1-5H3,(H,28,29,30). The molecule has 188 valence electrons. The van der Waals surface area contributed by atoms with Crippen LogP contribution in [0.5, 0.6) is 5.75 Å². The maximum Gasteiger partial charge on any atom is 0.162 e. The van der Waals surface area contributed by atoms with Crippen LogP contribution in [-0.2, 0) is 4.74 Å². The van der Waals surface area contributed by atoms with Gasteiger partial charge in [0.25, 0.3) is 0 Å². The molecule has 3 unspecified atom stereocenters. The molecule has 1 aliphatic heterocycles. The molecule has 1 aromatic carbocycles. The van der Waals surface area contributed by atoms with Crippen LogP contribution in [0.4, 0.5) is 5.82 Å². The molecule has 9 nitrogen and oxygen atoms in total. The Bertz CT molecular complexity index is 1130. The Balaban J connectivity index is 1.71. The van der Waals surface area contributed by atoms with Crippen molar-refractivity contribution in [2.45, 2.75) is 58.8 Å². The lowest BCUT2D eigenvalue weighted by Crippen LogP contribution is -2.33. The first-order chi connectivity index (χ1) is 16.9. The highest BCUT2D eigenvalue weighted by Gasteiger charge is 2.24. The topological polar surface area (TPSA) is 115 Å². The van der Waals surface area contributed by atoms with E-state index in [4.69, 9.17) is 24.0 Å². The fourth-order valence-electron chi connectivity index (χ4n) is 4.39. The second kappa shape index (κ2) is 11.2. The van der Waals surface area contributed by atoms with E-state index in [1.165, 1.54) is 0 Å². The summed E-state index contributed by atoms with van der Waals surface area (Å²) in [5.74, 6) is 2.74. The Morgan fingerprint density at radius 2 is 2.06 bits per heavy atom. The maximum absolute atomic E-state index is 9.99. The number of aliphatic hydroxyl groups is 1. The summed E-state index contributed by atoms with van der Waals surface area (Å²) in [6.45, 7) is 9.32. The Morgan fingerprint density at radius 3 is 2.77 bits per heavy atom. The lowest BCUT2D eigenvalue weighted by atomic mass is 10.0. The SMILES string of the molecule is CNCC(O)COc1cccc(-c2nc(NC3CCOC(C)C3)c(C)c(-c3c(C)noc3C)n2)c1. The summed E-state index contributed by atoms with van der Waals surface area (Å²) in [6, 6.07) is 7.89. The van der Waals surface area contributed by atoms with E-state index in [-0.39, 0.29) is 18.8 Å². The monoisotopic (exact) mass is 481 g/mol. The van der Waals surface area contributed by atoms with Gasteiger partial charge in [0.1, 0.15) is 30.0 Å². The van der Waals surface area contributed by atoms with Gasteiger partial charge in [-0.3, -0.25) is 0 Å². The zero-order chi connectivity index (χ0) is 24.9. The largest absolute Gasteiger partial charge is 0.491 e. The number of anilines is 1. The zero-order valence-corrected chi connectivity index (χ0v) is 21.1. The number of hydrogen-bond acceptors (Lipinski definition) is 9. The molecule has 0 saturated carbocycles. The number of aliphatic hydroxyl groups excluding tert-OH is 1. The van der Waals surface area contributed by atoms with Crippen LogP contribution in [0.1, 0.15) is 36.8 Å². The number of likely N-dealkylation sites (N-methyl/N-ethyl adjacent to an activating group) is 1. The van der Waals surface area contributed by atoms with Crippen LogP contribution in [0.3, 0.4) is 0 Å². The van der Waals surface area contributed by atoms with E-state index >= 15 is 0 Å². The second-order valence-corrected chi connectivity index (χ2v) is 9.17. The molecule has 0 bridgehead atoms. The Kier molecular flexibility index (Phi) is 8.00. The molecule has 4 rings (SSSR count). The molecule has 35 heavy (non-hydrogen) atoms. The Hall–Kier alpha value is -3.01. The van der Waals surface area contributed by atoms with Gasteiger partial charge in [0, 0.05) is 30.3 Å². The molecule has 3 atom stereocenters. The van der Waals surface area contributed by atoms with Crippen molar-refractivity contribution in [3.8, 4) is 28.4 Å². The number of rotatable bonds is 9. The minimum Gasteiger partial charge on any atom is -0.491 e. The third-order valence-electron chi connectivity index (χ3n) is 6.22. The van der Waals surface area contributed by atoms with Gasteiger partial charge in [0.05, 0.1) is 23.1 Å². The number of nitrogens with zero attached hydrogens (tertiary/aromatic N) is 3. The number of hydrogen-bond donors (Lipinski definition) is 3. The predicted octanol–water partition coefficient (Wildman–Crippen LogP) is 3.66. The highest BCUT2D eigenvalue weighted by atomic mass is 16.5. The van der Waals surface area contributed by atoms with Crippen LogP contribution in [0.15, 0.2) is 28.8 Å². The van der Waals surface area contributed by atoms with E-state index in [1.54, 1.807) is 7.05 Å². The van der Waals surface area contributed by atoms with Crippen molar-refractivity contribution < 1.29 is 19.1 Å². The van der Waals surface area contributed by atoms with E-state index in [0.29, 0.717) is 18.1 Å². The van der Waals surface area contributed by atoms with Crippen LogP contribution >= 0.6 is 0 Å². The molecule has 0 radical (unpaired) electrons. The van der Waals surface area contributed by atoms with E-state index in [1.807, 2.05) is 45.0 Å². The molecule has 0 spiro atoms. The summed E-state index contributed by atoms with van der Waals surface area (Å²) in [4.78, 5) is 9.88. The van der Waals surface area contributed by atoms with Crippen LogP contribution < -0.4 is 15.4 Å². The Labute approximate surface area is 206 Å². The molecule has 3 aromatic rings. The van der Waals surface area contributed by atoms with Crippen LogP contribution in [0.2, 0.25) is 0 Å². The average Bonchev–Trinajstić information content (AvgIpc) is 3.17. The zero-order valence-electron chi connectivity index (χ0n) is 21.1. The lowest BCUT2D eigenvalue weighted by Gasteiger charge is -2.29. The van der Waals surface area contributed by atoms with Gasteiger partial charge < -0.3 is 29.7 Å². The quantitative estimate of drug-likeness (QED) is 0.421. The minimum absolute atomic E-state index is 0.193. The summed E-state index contributed by atoms with van der Waals surface area (Å²) < 4.78 is 17.0. The van der Waals surface area contributed by atoms with Gasteiger partial charge in [-0.05, 0) is 59.7 Å². The van der Waals surface area contributed by atoms with Gasteiger partial charge in [-0.15, -0.1) is 0 Å². The van der Waals surface area contributed by atoms with Crippen LogP contribution in [0.25, 0.3) is 22.6 Å². The highest BCUT2D eigenvalue weighted by molar-refractivity contribution is 5.74. The van der Waals surface area contributed by atoms with Crippen LogP contribution in [0, 0.1) is 20.8 Å². The fourth-order valence-corrected chi connectivity index (χ4v) is 4.39. The first-order valence-corrected chi connectivity index (χ1v) is 12.1. The molecule has 3 heterocycles. The summed E-state index contributed by atoms with van der Waals surface area (Å²) in [5, 5.41) is 20.7. The normalized spacial score (nSPS) is 18.9. The molecule has 2 aromatic heterocycles. The number of nitrogens with one attached hydrogen (secondary N) is 2. The Morgan fingerprint density at radius 1 is 1.23 bits per heavy atom. The van der Waals surface area contributed by atoms with Crippen molar-refractivity contribution in [3.63, 3.8) is 0 Å². The summed E-state index contributed by atoms with van der Waals surface area (Å²) in [5.41, 5.74) is 4.24. The molecule has 3 N–H and O–H groups in total. The van der Waals surface area contributed by atoms with Gasteiger partial charge in [-0.2, -0.15) is 0 Å². The minimum atomic E-state index is -0.594. The van der Waals surface area contributed by atoms with E-state index in [0.717, 1.165) is 59.1 Å². The predicted molar refractivity (Wildman–Crippen MR) is 135 cm³/mol. The number of ether oxygens (including phenoxy) is 2. The molecular formula is C26H35N5O4. The fraction of sp³-hybridized carbons (Fsp3) is 0.500. The summed E-state index contributed by atoms with van der Waals surface area (Å²) in [7, 11) is 1.79. The lowest BCUT2D eigenvalue weighted by molar-refractivity contribution is 0.0231. The first kappa shape index (κ1) is 25.1. The highest BCUT2D eigenvalue weighted by Crippen LogP contribution is 2.34. The number of aryl methyl sites for hydroxylation is 2. The first-order valence-electron chi connectivity index (χ1n) is 12.1. The summed E-state index contributed by atoms with van der Waals surface area (Å²) >= 11 is 0. The molecule has 1 saturated heterocycles.